The summed E-state index contributed by atoms with van der Waals surface area (Å²) in [4.78, 5) is 7.96. The minimum Gasteiger partial charge on any atom is -0.393 e. The van der Waals surface area contributed by atoms with Crippen LogP contribution in [0, 0.1) is 0 Å². The van der Waals surface area contributed by atoms with Crippen molar-refractivity contribution in [1.82, 2.24) is 9.97 Å². The van der Waals surface area contributed by atoms with Crippen molar-refractivity contribution >= 4 is 40.3 Å². The molecule has 0 aliphatic heterocycles. The van der Waals surface area contributed by atoms with Gasteiger partial charge in [-0.25, -0.2) is 9.97 Å². The summed E-state index contributed by atoms with van der Waals surface area (Å²) >= 11 is 5.83. The molecule has 0 amide bonds. The molecule has 3 rings (SSSR count). The summed E-state index contributed by atoms with van der Waals surface area (Å²) in [6, 6.07) is 11.9. The summed E-state index contributed by atoms with van der Waals surface area (Å²) in [5.41, 5.74) is 5.80. The third kappa shape index (κ3) is 3.97. The molecule has 9 heteroatoms. The fourth-order valence-electron chi connectivity index (χ4n) is 2.23. The van der Waals surface area contributed by atoms with Crippen LogP contribution in [-0.2, 0) is 6.18 Å². The average Bonchev–Trinajstić information content (AvgIpc) is 2.60. The van der Waals surface area contributed by atoms with E-state index in [4.69, 9.17) is 17.3 Å². The van der Waals surface area contributed by atoms with Crippen molar-refractivity contribution in [3.05, 3.63) is 65.4 Å². The largest absolute Gasteiger partial charge is 0.418 e. The zero-order valence-corrected chi connectivity index (χ0v) is 13.9. The Labute approximate surface area is 152 Å². The fraction of sp³-hybridized carbons (Fsp3) is 0.0588. The SMILES string of the molecule is Nc1c(Nc2ccc(Cl)cc2)ncnc1Nc1ccccc1C(F)(F)F. The van der Waals surface area contributed by atoms with Gasteiger partial charge in [0.15, 0.2) is 11.6 Å². The van der Waals surface area contributed by atoms with Crippen molar-refractivity contribution in [2.45, 2.75) is 6.18 Å². The van der Waals surface area contributed by atoms with Crippen LogP contribution in [0.4, 0.5) is 41.9 Å². The molecular formula is C17H13ClF3N5. The number of nitrogens with one attached hydrogen (secondary N) is 2. The van der Waals surface area contributed by atoms with Gasteiger partial charge in [0.2, 0.25) is 0 Å². The van der Waals surface area contributed by atoms with Crippen molar-refractivity contribution in [3.63, 3.8) is 0 Å². The highest BCUT2D eigenvalue weighted by Crippen LogP contribution is 2.37. The van der Waals surface area contributed by atoms with E-state index in [1.54, 1.807) is 24.3 Å². The van der Waals surface area contributed by atoms with Crippen molar-refractivity contribution < 1.29 is 13.2 Å². The van der Waals surface area contributed by atoms with Crippen LogP contribution in [0.25, 0.3) is 0 Å². The second-order valence-electron chi connectivity index (χ2n) is 5.28. The quantitative estimate of drug-likeness (QED) is 0.579. The number of para-hydroxylation sites is 1. The molecule has 26 heavy (non-hydrogen) atoms. The molecule has 1 heterocycles. The second kappa shape index (κ2) is 7.09. The number of nitrogens with two attached hydrogens (primary N) is 1. The van der Waals surface area contributed by atoms with Crippen molar-refractivity contribution in [3.8, 4) is 0 Å². The van der Waals surface area contributed by atoms with E-state index in [-0.39, 0.29) is 23.0 Å². The van der Waals surface area contributed by atoms with E-state index >= 15 is 0 Å². The fourth-order valence-corrected chi connectivity index (χ4v) is 2.36. The number of anilines is 5. The Kier molecular flexibility index (Phi) is 4.85. The van der Waals surface area contributed by atoms with Crippen LogP contribution in [0.2, 0.25) is 5.02 Å². The van der Waals surface area contributed by atoms with Gasteiger partial charge in [0.1, 0.15) is 12.0 Å². The summed E-state index contributed by atoms with van der Waals surface area (Å²) in [7, 11) is 0. The predicted molar refractivity (Wildman–Crippen MR) is 95.9 cm³/mol. The summed E-state index contributed by atoms with van der Waals surface area (Å²) < 4.78 is 39.4. The molecule has 0 saturated carbocycles. The van der Waals surface area contributed by atoms with Gasteiger partial charge in [0, 0.05) is 10.7 Å². The molecule has 0 spiro atoms. The molecule has 0 radical (unpaired) electrons. The van der Waals surface area contributed by atoms with Gasteiger partial charge in [-0.3, -0.25) is 0 Å². The molecule has 0 aliphatic carbocycles. The molecular weight excluding hydrogens is 367 g/mol. The molecule has 134 valence electrons. The first-order valence-corrected chi connectivity index (χ1v) is 7.78. The number of hydrogen-bond acceptors (Lipinski definition) is 5. The number of rotatable bonds is 4. The summed E-state index contributed by atoms with van der Waals surface area (Å²) in [5.74, 6) is 0.322. The summed E-state index contributed by atoms with van der Waals surface area (Å²) in [6.07, 6.45) is -3.30. The van der Waals surface area contributed by atoms with Crippen LogP contribution in [-0.4, -0.2) is 9.97 Å². The standard InChI is InChI=1S/C17H13ClF3N5/c18-10-5-7-11(8-6-10)25-15-14(22)16(24-9-23-15)26-13-4-2-1-3-12(13)17(19,20)21/h1-9H,22H2,(H2,23,24,25,26). The highest BCUT2D eigenvalue weighted by molar-refractivity contribution is 6.30. The highest BCUT2D eigenvalue weighted by atomic mass is 35.5. The maximum Gasteiger partial charge on any atom is 0.418 e. The van der Waals surface area contributed by atoms with Gasteiger partial charge >= 0.3 is 6.18 Å². The van der Waals surface area contributed by atoms with E-state index < -0.39 is 11.7 Å². The van der Waals surface area contributed by atoms with E-state index in [0.717, 1.165) is 6.07 Å². The van der Waals surface area contributed by atoms with Crippen LogP contribution in [0.3, 0.4) is 0 Å². The smallest absolute Gasteiger partial charge is 0.393 e. The monoisotopic (exact) mass is 379 g/mol. The number of nitrogens with zero attached hydrogens (tertiary/aromatic N) is 2. The van der Waals surface area contributed by atoms with Crippen LogP contribution < -0.4 is 16.4 Å². The van der Waals surface area contributed by atoms with E-state index in [0.29, 0.717) is 10.7 Å². The second-order valence-corrected chi connectivity index (χ2v) is 5.72. The molecule has 3 aromatic rings. The summed E-state index contributed by atoms with van der Waals surface area (Å²) in [5, 5.41) is 6.17. The Hall–Kier alpha value is -3.00. The van der Waals surface area contributed by atoms with Gasteiger partial charge in [0.25, 0.3) is 0 Å². The molecule has 0 atom stereocenters. The van der Waals surface area contributed by atoms with E-state index in [1.807, 2.05) is 0 Å². The number of hydrogen-bond donors (Lipinski definition) is 3. The Morgan fingerprint density at radius 2 is 1.50 bits per heavy atom. The average molecular weight is 380 g/mol. The molecule has 0 aliphatic rings. The zero-order valence-electron chi connectivity index (χ0n) is 13.2. The maximum atomic E-state index is 13.1. The molecule has 5 nitrogen and oxygen atoms in total. The van der Waals surface area contributed by atoms with Crippen molar-refractivity contribution in [2.24, 2.45) is 0 Å². The third-order valence-corrected chi connectivity index (χ3v) is 3.73. The number of halogens is 4. The predicted octanol–water partition coefficient (Wildman–Crippen LogP) is 5.22. The van der Waals surface area contributed by atoms with Gasteiger partial charge in [-0.1, -0.05) is 23.7 Å². The topological polar surface area (TPSA) is 75.9 Å². The van der Waals surface area contributed by atoms with Gasteiger partial charge in [-0.15, -0.1) is 0 Å². The molecule has 0 unspecified atom stereocenters. The Balaban J connectivity index is 1.90. The zero-order chi connectivity index (χ0) is 18.7. The normalized spacial score (nSPS) is 11.2. The maximum absolute atomic E-state index is 13.1. The van der Waals surface area contributed by atoms with Gasteiger partial charge in [-0.05, 0) is 36.4 Å². The van der Waals surface area contributed by atoms with E-state index in [1.165, 1.54) is 24.5 Å². The van der Waals surface area contributed by atoms with Crippen LogP contribution >= 0.6 is 11.6 Å². The number of benzene rings is 2. The van der Waals surface area contributed by atoms with E-state index in [2.05, 4.69) is 20.6 Å². The Morgan fingerprint density at radius 1 is 0.885 bits per heavy atom. The number of alkyl halides is 3. The number of aromatic nitrogens is 2. The van der Waals surface area contributed by atoms with Gasteiger partial charge < -0.3 is 16.4 Å². The Bertz CT molecular complexity index is 913. The minimum atomic E-state index is -4.50. The summed E-state index contributed by atoms with van der Waals surface area (Å²) in [6.45, 7) is 0. The van der Waals surface area contributed by atoms with Crippen molar-refractivity contribution in [2.75, 3.05) is 16.4 Å². The lowest BCUT2D eigenvalue weighted by molar-refractivity contribution is -0.136. The molecule has 0 saturated heterocycles. The minimum absolute atomic E-state index is 0.0631. The molecule has 4 N–H and O–H groups in total. The van der Waals surface area contributed by atoms with Gasteiger partial charge in [-0.2, -0.15) is 13.2 Å². The molecule has 0 bridgehead atoms. The molecule has 1 aromatic heterocycles. The van der Waals surface area contributed by atoms with Crippen LogP contribution in [0.5, 0.6) is 0 Å². The Morgan fingerprint density at radius 3 is 2.15 bits per heavy atom. The molecule has 2 aromatic carbocycles. The first-order valence-electron chi connectivity index (χ1n) is 7.41. The van der Waals surface area contributed by atoms with E-state index in [9.17, 15) is 13.2 Å². The number of nitrogen functional groups attached to an aromatic ring is 1. The lowest BCUT2D eigenvalue weighted by atomic mass is 10.1. The van der Waals surface area contributed by atoms with Crippen LogP contribution in [0.15, 0.2) is 54.9 Å². The lowest BCUT2D eigenvalue weighted by Gasteiger charge is -2.16. The van der Waals surface area contributed by atoms with Crippen LogP contribution in [0.1, 0.15) is 5.56 Å². The van der Waals surface area contributed by atoms with Gasteiger partial charge in [0.05, 0.1) is 11.3 Å². The molecule has 0 fully saturated rings. The van der Waals surface area contributed by atoms with Crippen molar-refractivity contribution in [1.29, 1.82) is 0 Å². The lowest BCUT2D eigenvalue weighted by Crippen LogP contribution is -2.10. The highest BCUT2D eigenvalue weighted by Gasteiger charge is 2.33. The first kappa shape index (κ1) is 17.8. The third-order valence-electron chi connectivity index (χ3n) is 3.48. The first-order chi connectivity index (χ1) is 12.3.